The lowest BCUT2D eigenvalue weighted by molar-refractivity contribution is 1.08. The first kappa shape index (κ1) is 83.2. The van der Waals surface area contributed by atoms with E-state index in [1.165, 1.54) is 174 Å². The summed E-state index contributed by atoms with van der Waals surface area (Å²) in [4.78, 5) is 32.4. The fourth-order valence-corrected chi connectivity index (χ4v) is 25.0. The fourth-order valence-electron chi connectivity index (χ4n) is 25.0. The van der Waals surface area contributed by atoms with Crippen molar-refractivity contribution in [1.29, 1.82) is 0 Å². The van der Waals surface area contributed by atoms with Crippen molar-refractivity contribution in [2.45, 2.75) is 0 Å². The minimum atomic E-state index is 0.811. The van der Waals surface area contributed by atoms with Crippen molar-refractivity contribution in [2.24, 2.45) is 0 Å². The minimum absolute atomic E-state index is 0.811. The zero-order valence-electron chi connectivity index (χ0n) is 80.7. The molecule has 0 unspecified atom stereocenters. The van der Waals surface area contributed by atoms with Crippen LogP contribution < -0.4 is 0 Å². The number of aromatic nitrogens is 12. The van der Waals surface area contributed by atoms with Crippen LogP contribution in [0.1, 0.15) is 0 Å². The largest absolute Gasteiger partial charge is 0.309 e. The second kappa shape index (κ2) is 32.6. The zero-order chi connectivity index (χ0) is 98.0. The highest BCUT2D eigenvalue weighted by Crippen LogP contribution is 2.49. The van der Waals surface area contributed by atoms with Crippen molar-refractivity contribution in [2.75, 3.05) is 0 Å². The first-order valence-electron chi connectivity index (χ1n) is 51.1. The van der Waals surface area contributed by atoms with E-state index in [-0.39, 0.29) is 0 Å². The SMILES string of the molecule is c1ccc(-c2nc3c4ccccc4c4ccccc4c3nc2-n2c3ccccc3c3cc4c(cc32)c2ccccc2n4-c2cccc3ccccc23)cc1.c1ccc2c(-n3c4ccccc4c4cc5c(cc43)c3ccccc3n5-c3cnc4c5ccccc5c5ccccc5c4n3)cccc2c1.c1ccc2cc(-n3c4ccccc4c4cc5c(cc43)c3ccccc3n5-c3cnc4c5ccccc5c5ccccc5c4n3)ccc2c1. The summed E-state index contributed by atoms with van der Waals surface area (Å²) >= 11 is 0. The van der Waals surface area contributed by atoms with E-state index in [2.05, 4.69) is 513 Å². The summed E-state index contributed by atoms with van der Waals surface area (Å²) in [5.41, 5.74) is 24.6. The van der Waals surface area contributed by atoms with Crippen molar-refractivity contribution >= 4 is 261 Å². The van der Waals surface area contributed by atoms with Gasteiger partial charge in [0.15, 0.2) is 17.5 Å². The van der Waals surface area contributed by atoms with E-state index in [4.69, 9.17) is 29.9 Å². The molecule has 34 rings (SSSR count). The van der Waals surface area contributed by atoms with E-state index in [1.807, 2.05) is 12.4 Å². The van der Waals surface area contributed by atoms with Crippen LogP contribution in [0.25, 0.3) is 307 Å². The van der Waals surface area contributed by atoms with Crippen LogP contribution >= 0.6 is 0 Å². The highest BCUT2D eigenvalue weighted by molar-refractivity contribution is 6.29. The van der Waals surface area contributed by atoms with Crippen LogP contribution in [0.5, 0.6) is 0 Å². The third-order valence-corrected chi connectivity index (χ3v) is 31.5. The molecule has 12 nitrogen and oxygen atoms in total. The molecule has 0 saturated heterocycles. The van der Waals surface area contributed by atoms with E-state index >= 15 is 0 Å². The molecule has 25 aromatic carbocycles. The van der Waals surface area contributed by atoms with Gasteiger partial charge in [0.05, 0.1) is 123 Å². The molecule has 9 aromatic heterocycles. The maximum atomic E-state index is 5.70. The molecular weight excluding hydrogens is 1830 g/mol. The molecule has 0 bridgehead atoms. The minimum Gasteiger partial charge on any atom is -0.309 e. The van der Waals surface area contributed by atoms with Gasteiger partial charge in [-0.1, -0.05) is 388 Å². The van der Waals surface area contributed by atoms with Gasteiger partial charge in [0.25, 0.3) is 0 Å². The Balaban J connectivity index is 0.0000000995. The summed E-state index contributed by atoms with van der Waals surface area (Å²) in [6.45, 7) is 0. The van der Waals surface area contributed by atoms with Gasteiger partial charge in [0.2, 0.25) is 0 Å². The standard InChI is InChI=1S/C50H30N4.2C44H26N4/c1-2-16-32(17-3-1)47-50(52-49-39-25-9-7-21-35(39)34-20-6-8-24-38(34)48(49)51-47)54-44-27-13-11-23-37(44)41-29-45-40(30-46(41)54)36-22-10-12-26-43(36)53(45)42-28-14-18-31-15-4-5-19-33(31)42;1-2-14-28-27(12-1)13-11-23-37(28)47-38-21-9-7-17-31(38)35-25-41-36(24-40(35)47)32-18-8-10-22-39(32)48(41)42-26-45-43-33-19-5-3-15-29(33)30-16-4-6-20-34(30)44(43)46-42;1-2-12-28-23-29(22-21-27(28)11-1)47-38-19-9-7-15-32(38)36-25-41-37(24-40(36)47)33-16-8-10-20-39(33)48(41)42-26-45-43-34-17-5-3-13-30(34)31-14-4-6-18-35(31)44(43)46-42/h1-30H;2*1-26H. The second-order valence-electron chi connectivity index (χ2n) is 39.4. The van der Waals surface area contributed by atoms with Gasteiger partial charge in [0.1, 0.15) is 5.69 Å². The van der Waals surface area contributed by atoms with E-state index in [0.29, 0.717) is 0 Å². The molecule has 9 heterocycles. The summed E-state index contributed by atoms with van der Waals surface area (Å²) in [6.07, 6.45) is 3.89. The average molecular weight is 1910 g/mol. The van der Waals surface area contributed by atoms with Gasteiger partial charge < -0.3 is 13.7 Å². The molecule has 0 saturated carbocycles. The topological polar surface area (TPSA) is 107 Å². The summed E-state index contributed by atoms with van der Waals surface area (Å²) in [5.74, 6) is 2.44. The van der Waals surface area contributed by atoms with E-state index in [0.717, 1.165) is 133 Å². The quantitative estimate of drug-likeness (QED) is 0.147. The smallest absolute Gasteiger partial charge is 0.165 e. The third kappa shape index (κ3) is 12.3. The molecule has 0 radical (unpaired) electrons. The van der Waals surface area contributed by atoms with Gasteiger partial charge in [-0.2, -0.15) is 0 Å². The number of rotatable bonds is 7. The molecule has 0 aliphatic rings. The third-order valence-electron chi connectivity index (χ3n) is 31.5. The van der Waals surface area contributed by atoms with Crippen molar-refractivity contribution in [1.82, 2.24) is 57.3 Å². The van der Waals surface area contributed by atoms with Crippen LogP contribution in [0.4, 0.5) is 0 Å². The highest BCUT2D eigenvalue weighted by Gasteiger charge is 2.29. The molecule has 0 aliphatic heterocycles. The first-order chi connectivity index (χ1) is 74.5. The number of hydrogen-bond acceptors (Lipinski definition) is 6. The Bertz CT molecular complexity index is 11800. The molecule has 0 atom stereocenters. The molecule has 0 aliphatic carbocycles. The van der Waals surface area contributed by atoms with E-state index < -0.39 is 0 Å². The molecular formula is C138H82N12. The Morgan fingerprint density at radius 3 is 0.780 bits per heavy atom. The predicted octanol–water partition coefficient (Wildman–Crippen LogP) is 35.5. The first-order valence-corrected chi connectivity index (χ1v) is 51.1. The van der Waals surface area contributed by atoms with Gasteiger partial charge in [-0.15, -0.1) is 0 Å². The van der Waals surface area contributed by atoms with Crippen LogP contribution in [-0.4, -0.2) is 57.3 Å². The summed E-state index contributed by atoms with van der Waals surface area (Å²) < 4.78 is 14.2. The van der Waals surface area contributed by atoms with Gasteiger partial charge in [0, 0.05) is 119 Å². The number of benzene rings is 25. The van der Waals surface area contributed by atoms with Crippen LogP contribution in [0.15, 0.2) is 498 Å². The van der Waals surface area contributed by atoms with Crippen molar-refractivity contribution < 1.29 is 0 Å². The fraction of sp³-hybridized carbons (Fsp3) is 0. The van der Waals surface area contributed by atoms with E-state index in [1.54, 1.807) is 0 Å². The Morgan fingerprint density at radius 1 is 0.140 bits per heavy atom. The lowest BCUT2D eigenvalue weighted by Gasteiger charge is -2.16. The number of hydrogen-bond donors (Lipinski definition) is 0. The van der Waals surface area contributed by atoms with Crippen molar-refractivity contribution in [3.8, 4) is 45.8 Å². The number of fused-ring (bicyclic) bond motifs is 39. The lowest BCUT2D eigenvalue weighted by atomic mass is 9.99. The van der Waals surface area contributed by atoms with Crippen LogP contribution in [0, 0.1) is 0 Å². The lowest BCUT2D eigenvalue weighted by Crippen LogP contribution is -2.04. The molecule has 150 heavy (non-hydrogen) atoms. The predicted molar refractivity (Wildman–Crippen MR) is 628 cm³/mol. The van der Waals surface area contributed by atoms with Crippen LogP contribution in [0.2, 0.25) is 0 Å². The van der Waals surface area contributed by atoms with E-state index in [9.17, 15) is 0 Å². The maximum Gasteiger partial charge on any atom is 0.165 e. The summed E-state index contributed by atoms with van der Waals surface area (Å²) in [6, 6.07) is 174. The van der Waals surface area contributed by atoms with Crippen molar-refractivity contribution in [3.05, 3.63) is 498 Å². The van der Waals surface area contributed by atoms with Crippen LogP contribution in [-0.2, 0) is 0 Å². The van der Waals surface area contributed by atoms with Gasteiger partial charge in [-0.05, 0) is 151 Å². The zero-order valence-corrected chi connectivity index (χ0v) is 80.7. The normalized spacial score (nSPS) is 12.1. The monoisotopic (exact) mass is 1910 g/mol. The molecule has 0 fully saturated rings. The average Bonchev–Trinajstić information content (AvgIpc) is 1.55. The van der Waals surface area contributed by atoms with Crippen LogP contribution in [0.3, 0.4) is 0 Å². The summed E-state index contributed by atoms with van der Waals surface area (Å²) in [5, 5.41) is 35.6. The highest BCUT2D eigenvalue weighted by atomic mass is 15.1. The molecule has 0 amide bonds. The number of para-hydroxylation sites is 6. The molecule has 0 N–H and O–H groups in total. The van der Waals surface area contributed by atoms with Crippen molar-refractivity contribution in [3.63, 3.8) is 0 Å². The van der Waals surface area contributed by atoms with Gasteiger partial charge in [-0.25, -0.2) is 19.9 Å². The number of nitrogens with zero attached hydrogens (tertiary/aromatic N) is 12. The molecule has 694 valence electrons. The Labute approximate surface area is 855 Å². The van der Waals surface area contributed by atoms with Gasteiger partial charge in [-0.3, -0.25) is 23.7 Å². The molecule has 12 heteroatoms. The molecule has 34 aromatic rings. The summed E-state index contributed by atoms with van der Waals surface area (Å²) in [7, 11) is 0. The Kier molecular flexibility index (Phi) is 18.1. The molecule has 0 spiro atoms. The van der Waals surface area contributed by atoms with Gasteiger partial charge >= 0.3 is 0 Å². The second-order valence-corrected chi connectivity index (χ2v) is 39.4. The Hall–Kier alpha value is -20.3. The maximum absolute atomic E-state index is 5.70. The Morgan fingerprint density at radius 2 is 0.400 bits per heavy atom.